The molecule has 1 aliphatic rings. The van der Waals surface area contributed by atoms with E-state index >= 15 is 0 Å². The minimum atomic E-state index is -0.115. The van der Waals surface area contributed by atoms with Crippen molar-refractivity contribution in [3.8, 4) is 0 Å². The zero-order valence-corrected chi connectivity index (χ0v) is 16.6. The third-order valence-electron chi connectivity index (χ3n) is 4.27. The summed E-state index contributed by atoms with van der Waals surface area (Å²) in [5.41, 5.74) is 8.42. The van der Waals surface area contributed by atoms with Gasteiger partial charge in [0.1, 0.15) is 4.88 Å². The van der Waals surface area contributed by atoms with Crippen LogP contribution in [0.5, 0.6) is 0 Å². The summed E-state index contributed by atoms with van der Waals surface area (Å²) >= 11 is 1.42. The Morgan fingerprint density at radius 1 is 1.35 bits per heavy atom. The molecule has 0 saturated heterocycles. The first-order valence-electron chi connectivity index (χ1n) is 7.88. The molecular weight excluding hydrogens is 353 g/mol. The van der Waals surface area contributed by atoms with Crippen LogP contribution in [-0.2, 0) is 5.41 Å². The number of nitrogens with two attached hydrogens (primary N) is 1. The van der Waals surface area contributed by atoms with Crippen molar-refractivity contribution in [2.45, 2.75) is 64.3 Å². The van der Waals surface area contributed by atoms with Crippen molar-refractivity contribution in [3.05, 3.63) is 16.1 Å². The third-order valence-corrected chi connectivity index (χ3v) is 5.10. The van der Waals surface area contributed by atoms with Gasteiger partial charge < -0.3 is 11.1 Å². The van der Waals surface area contributed by atoms with E-state index in [2.05, 4.69) is 31.1 Å². The highest BCUT2D eigenvalue weighted by molar-refractivity contribution is 7.11. The fourth-order valence-corrected chi connectivity index (χ4v) is 3.98. The number of halogens is 2. The summed E-state index contributed by atoms with van der Waals surface area (Å²) in [5, 5.41) is 3.16. The molecule has 1 amide bonds. The van der Waals surface area contributed by atoms with Crippen LogP contribution in [-0.4, -0.2) is 23.5 Å². The molecule has 1 aliphatic carbocycles. The molecule has 1 atom stereocenters. The van der Waals surface area contributed by atoms with E-state index in [0.29, 0.717) is 12.5 Å². The minimum absolute atomic E-state index is 0. The van der Waals surface area contributed by atoms with Crippen LogP contribution in [0.25, 0.3) is 0 Å². The fourth-order valence-electron chi connectivity index (χ4n) is 3.08. The van der Waals surface area contributed by atoms with Crippen LogP contribution < -0.4 is 11.1 Å². The van der Waals surface area contributed by atoms with Crippen LogP contribution in [0, 0.1) is 5.92 Å². The first kappa shape index (κ1) is 22.6. The lowest BCUT2D eigenvalue weighted by atomic mass is 9.83. The number of aromatic nitrogens is 1. The molecule has 1 heterocycles. The SMILES string of the molecule is CC(C)(C)c1ncsc1C(=O)NC(CN)C1CCCCC1.Cl.Cl. The number of rotatable bonds is 4. The van der Waals surface area contributed by atoms with Gasteiger partial charge in [-0.1, -0.05) is 40.0 Å². The maximum atomic E-state index is 12.6. The van der Waals surface area contributed by atoms with Gasteiger partial charge in [-0.05, 0) is 18.8 Å². The van der Waals surface area contributed by atoms with E-state index in [1.807, 2.05) is 0 Å². The Morgan fingerprint density at radius 3 is 2.48 bits per heavy atom. The molecule has 1 aromatic rings. The Labute approximate surface area is 155 Å². The lowest BCUT2D eigenvalue weighted by Crippen LogP contribution is -2.46. The van der Waals surface area contributed by atoms with Crippen molar-refractivity contribution in [3.63, 3.8) is 0 Å². The molecule has 4 nitrogen and oxygen atoms in total. The predicted octanol–water partition coefficient (Wildman–Crippen LogP) is 3.92. The molecule has 1 saturated carbocycles. The molecule has 23 heavy (non-hydrogen) atoms. The van der Waals surface area contributed by atoms with Gasteiger partial charge in [-0.2, -0.15) is 0 Å². The van der Waals surface area contributed by atoms with E-state index in [-0.39, 0.29) is 42.2 Å². The Hall–Kier alpha value is -0.360. The maximum Gasteiger partial charge on any atom is 0.263 e. The quantitative estimate of drug-likeness (QED) is 0.829. The normalized spacial score (nSPS) is 16.9. The predicted molar refractivity (Wildman–Crippen MR) is 102 cm³/mol. The summed E-state index contributed by atoms with van der Waals surface area (Å²) in [4.78, 5) is 17.7. The lowest BCUT2D eigenvalue weighted by Gasteiger charge is -2.30. The number of nitrogens with one attached hydrogen (secondary N) is 1. The summed E-state index contributed by atoms with van der Waals surface area (Å²) in [6.07, 6.45) is 6.17. The second kappa shape index (κ2) is 9.82. The minimum Gasteiger partial charge on any atom is -0.347 e. The number of thiazole rings is 1. The second-order valence-electron chi connectivity index (χ2n) is 6.99. The molecular formula is C16H29Cl2N3OS. The average molecular weight is 382 g/mol. The van der Waals surface area contributed by atoms with Crippen LogP contribution >= 0.6 is 36.2 Å². The summed E-state index contributed by atoms with van der Waals surface area (Å²) in [5.74, 6) is 0.516. The zero-order valence-electron chi connectivity index (χ0n) is 14.1. The number of hydrogen-bond acceptors (Lipinski definition) is 4. The first-order chi connectivity index (χ1) is 9.93. The Kier molecular flexibility index (Phi) is 9.67. The highest BCUT2D eigenvalue weighted by Gasteiger charge is 2.28. The molecule has 1 unspecified atom stereocenters. The smallest absolute Gasteiger partial charge is 0.263 e. The van der Waals surface area contributed by atoms with Crippen molar-refractivity contribution in [2.24, 2.45) is 11.7 Å². The van der Waals surface area contributed by atoms with Crippen molar-refractivity contribution >= 4 is 42.1 Å². The van der Waals surface area contributed by atoms with Gasteiger partial charge in [-0.15, -0.1) is 36.2 Å². The summed E-state index contributed by atoms with van der Waals surface area (Å²) in [6.45, 7) is 6.77. The largest absolute Gasteiger partial charge is 0.347 e. The Balaban J connectivity index is 0.00000242. The van der Waals surface area contributed by atoms with Crippen LogP contribution in [0.3, 0.4) is 0 Å². The molecule has 2 rings (SSSR count). The highest BCUT2D eigenvalue weighted by atomic mass is 35.5. The van der Waals surface area contributed by atoms with Gasteiger partial charge in [-0.3, -0.25) is 4.79 Å². The monoisotopic (exact) mass is 381 g/mol. The van der Waals surface area contributed by atoms with Crippen molar-refractivity contribution in [2.75, 3.05) is 6.54 Å². The van der Waals surface area contributed by atoms with Gasteiger partial charge in [0, 0.05) is 18.0 Å². The third kappa shape index (κ3) is 5.89. The van der Waals surface area contributed by atoms with Gasteiger partial charge in [0.2, 0.25) is 0 Å². The van der Waals surface area contributed by atoms with Gasteiger partial charge in [-0.25, -0.2) is 4.98 Å². The topological polar surface area (TPSA) is 68.0 Å². The van der Waals surface area contributed by atoms with Crippen molar-refractivity contribution < 1.29 is 4.79 Å². The van der Waals surface area contributed by atoms with E-state index in [4.69, 9.17) is 5.73 Å². The Morgan fingerprint density at radius 2 is 1.96 bits per heavy atom. The van der Waals surface area contributed by atoms with Gasteiger partial charge >= 0.3 is 0 Å². The number of nitrogens with zero attached hydrogens (tertiary/aromatic N) is 1. The van der Waals surface area contributed by atoms with Gasteiger partial charge in [0.05, 0.1) is 11.2 Å². The summed E-state index contributed by atoms with van der Waals surface area (Å²) in [7, 11) is 0. The molecule has 0 aliphatic heterocycles. The molecule has 7 heteroatoms. The van der Waals surface area contributed by atoms with E-state index < -0.39 is 0 Å². The molecule has 3 N–H and O–H groups in total. The molecule has 0 spiro atoms. The van der Waals surface area contributed by atoms with E-state index in [1.54, 1.807) is 5.51 Å². The zero-order chi connectivity index (χ0) is 15.5. The molecule has 134 valence electrons. The van der Waals surface area contributed by atoms with Crippen LogP contribution in [0.4, 0.5) is 0 Å². The number of hydrogen-bond donors (Lipinski definition) is 2. The summed E-state index contributed by atoms with van der Waals surface area (Å²) in [6, 6.07) is 0.0905. The first-order valence-corrected chi connectivity index (χ1v) is 8.76. The molecule has 1 fully saturated rings. The number of amides is 1. The van der Waals surface area contributed by atoms with E-state index in [0.717, 1.165) is 10.6 Å². The standard InChI is InChI=1S/C16H27N3OS.2ClH/c1-16(2,3)14-13(21-10-18-14)15(20)19-12(9-17)11-7-5-4-6-8-11;;/h10-12H,4-9,17H2,1-3H3,(H,19,20);2*1H. The van der Waals surface area contributed by atoms with Crippen LogP contribution in [0.15, 0.2) is 5.51 Å². The molecule has 0 aromatic carbocycles. The number of carbonyl (C=O) groups is 1. The van der Waals surface area contributed by atoms with Crippen molar-refractivity contribution in [1.82, 2.24) is 10.3 Å². The van der Waals surface area contributed by atoms with Gasteiger partial charge in [0.25, 0.3) is 5.91 Å². The van der Waals surface area contributed by atoms with Gasteiger partial charge in [0.15, 0.2) is 0 Å². The lowest BCUT2D eigenvalue weighted by molar-refractivity contribution is 0.0917. The average Bonchev–Trinajstić information content (AvgIpc) is 2.95. The van der Waals surface area contributed by atoms with E-state index in [1.165, 1.54) is 43.4 Å². The Bertz CT molecular complexity index is 482. The molecule has 0 radical (unpaired) electrons. The second-order valence-corrected chi connectivity index (χ2v) is 7.85. The molecule has 1 aromatic heterocycles. The van der Waals surface area contributed by atoms with Crippen LogP contribution in [0.2, 0.25) is 0 Å². The summed E-state index contributed by atoms with van der Waals surface area (Å²) < 4.78 is 0. The van der Waals surface area contributed by atoms with Crippen molar-refractivity contribution in [1.29, 1.82) is 0 Å². The fraction of sp³-hybridized carbons (Fsp3) is 0.750. The maximum absolute atomic E-state index is 12.6. The van der Waals surface area contributed by atoms with E-state index in [9.17, 15) is 4.79 Å². The van der Waals surface area contributed by atoms with Crippen LogP contribution in [0.1, 0.15) is 68.2 Å². The molecule has 0 bridgehead atoms. The highest BCUT2D eigenvalue weighted by Crippen LogP contribution is 2.29. The number of carbonyl (C=O) groups excluding carboxylic acids is 1.